The molecule has 0 unspecified atom stereocenters. The molecular formula is C21H14ClF3N2O3S. The highest BCUT2D eigenvalue weighted by Crippen LogP contribution is 2.37. The lowest BCUT2D eigenvalue weighted by Crippen LogP contribution is -2.16. The van der Waals surface area contributed by atoms with E-state index in [-0.39, 0.29) is 22.5 Å². The van der Waals surface area contributed by atoms with Crippen LogP contribution < -0.4 is 5.32 Å². The van der Waals surface area contributed by atoms with Crippen molar-refractivity contribution in [2.24, 2.45) is 0 Å². The Morgan fingerprint density at radius 2 is 1.71 bits per heavy atom. The quantitative estimate of drug-likeness (QED) is 0.397. The topological polar surface area (TPSA) is 90.3 Å². The molecule has 0 aliphatic carbocycles. The van der Waals surface area contributed by atoms with Gasteiger partial charge in [-0.05, 0) is 37.3 Å². The Labute approximate surface area is 183 Å². The average Bonchev–Trinajstić information content (AvgIpc) is 3.06. The lowest BCUT2D eigenvalue weighted by Gasteiger charge is -2.13. The van der Waals surface area contributed by atoms with Crippen LogP contribution in [0, 0.1) is 12.3 Å². The summed E-state index contributed by atoms with van der Waals surface area (Å²) in [6.07, 6.45) is -4.71. The number of rotatable bonds is 5. The highest BCUT2D eigenvalue weighted by atomic mass is 35.5. The van der Waals surface area contributed by atoms with E-state index in [2.05, 4.69) is 5.32 Å². The molecule has 31 heavy (non-hydrogen) atoms. The second-order valence-electron chi connectivity index (χ2n) is 6.48. The van der Waals surface area contributed by atoms with E-state index in [1.54, 1.807) is 13.0 Å². The number of carbonyl (C=O) groups excluding carboxylic acids is 1. The van der Waals surface area contributed by atoms with Gasteiger partial charge in [0.1, 0.15) is 0 Å². The van der Waals surface area contributed by atoms with Crippen LogP contribution >= 0.6 is 22.9 Å². The Bertz CT molecular complexity index is 1190. The summed E-state index contributed by atoms with van der Waals surface area (Å²) in [4.78, 5) is 24.8. The smallest absolute Gasteiger partial charge is 0.417 e. The van der Waals surface area contributed by atoms with Gasteiger partial charge in [0.2, 0.25) is 0 Å². The molecule has 0 fully saturated rings. The van der Waals surface area contributed by atoms with Crippen LogP contribution in [0.4, 0.5) is 18.9 Å². The number of hydrogen-bond acceptors (Lipinski definition) is 4. The first kappa shape index (κ1) is 22.5. The number of amides is 1. The standard InChI is InChI=1S/C21H14ClF3N2O3S/c1-10-9-15(18(31-10)17(26)11-5-7-12(8-6-11)20(29)30)27-19(28)13-3-2-4-14(16(13)22)21(23,24)25/h2-9,26H,1H3,(H,27,28)(H,29,30). The van der Waals surface area contributed by atoms with Crippen molar-refractivity contribution in [1.29, 1.82) is 5.41 Å². The van der Waals surface area contributed by atoms with E-state index >= 15 is 0 Å². The van der Waals surface area contributed by atoms with Crippen LogP contribution in [0.5, 0.6) is 0 Å². The third kappa shape index (κ3) is 4.78. The predicted molar refractivity (Wildman–Crippen MR) is 113 cm³/mol. The summed E-state index contributed by atoms with van der Waals surface area (Å²) in [5, 5.41) is 19.3. The normalized spacial score (nSPS) is 11.3. The van der Waals surface area contributed by atoms with Crippen LogP contribution in [-0.2, 0) is 6.18 Å². The number of hydrogen-bond donors (Lipinski definition) is 3. The van der Waals surface area contributed by atoms with Gasteiger partial charge in [0.05, 0.1) is 38.0 Å². The first-order valence-electron chi connectivity index (χ1n) is 8.69. The van der Waals surface area contributed by atoms with E-state index in [1.165, 1.54) is 41.7 Å². The molecule has 0 aliphatic rings. The fourth-order valence-electron chi connectivity index (χ4n) is 2.82. The number of carboxylic acid groups (broad SMARTS) is 1. The zero-order valence-electron chi connectivity index (χ0n) is 15.8. The first-order valence-corrected chi connectivity index (χ1v) is 9.88. The fraction of sp³-hybridized carbons (Fsp3) is 0.0952. The van der Waals surface area contributed by atoms with Gasteiger partial charge in [0.25, 0.3) is 5.91 Å². The molecule has 0 aliphatic heterocycles. The second-order valence-corrected chi connectivity index (χ2v) is 8.11. The molecule has 3 aromatic rings. The number of halogens is 4. The highest BCUT2D eigenvalue weighted by Gasteiger charge is 2.34. The number of aromatic carboxylic acids is 1. The summed E-state index contributed by atoms with van der Waals surface area (Å²) in [6, 6.07) is 10.3. The molecule has 0 saturated heterocycles. The summed E-state index contributed by atoms with van der Waals surface area (Å²) in [6.45, 7) is 1.75. The zero-order valence-corrected chi connectivity index (χ0v) is 17.4. The summed E-state index contributed by atoms with van der Waals surface area (Å²) in [7, 11) is 0. The molecule has 0 spiro atoms. The first-order chi connectivity index (χ1) is 14.5. The summed E-state index contributed by atoms with van der Waals surface area (Å²) in [5.41, 5.74) is -0.710. The van der Waals surface area contributed by atoms with Gasteiger partial charge in [0.15, 0.2) is 0 Å². The largest absolute Gasteiger partial charge is 0.478 e. The Morgan fingerprint density at radius 1 is 1.10 bits per heavy atom. The van der Waals surface area contributed by atoms with E-state index in [0.717, 1.165) is 17.0 Å². The zero-order chi connectivity index (χ0) is 22.9. The van der Waals surface area contributed by atoms with Crippen LogP contribution in [0.2, 0.25) is 5.02 Å². The maximum atomic E-state index is 13.1. The number of thiophene rings is 1. The molecular weight excluding hydrogens is 453 g/mol. The van der Waals surface area contributed by atoms with Gasteiger partial charge in [-0.15, -0.1) is 11.3 Å². The molecule has 160 valence electrons. The SMILES string of the molecule is Cc1cc(NC(=O)c2cccc(C(F)(F)F)c2Cl)c(C(=N)c2ccc(C(=O)O)cc2)s1. The Morgan fingerprint density at radius 3 is 2.29 bits per heavy atom. The maximum Gasteiger partial charge on any atom is 0.417 e. The molecule has 0 saturated carbocycles. The molecule has 10 heteroatoms. The third-order valence-electron chi connectivity index (χ3n) is 4.30. The molecule has 1 amide bonds. The Hall–Kier alpha value is -3.17. The van der Waals surface area contributed by atoms with Crippen LogP contribution in [0.1, 0.15) is 41.6 Å². The maximum absolute atomic E-state index is 13.1. The molecule has 2 aromatic carbocycles. The van der Waals surface area contributed by atoms with E-state index in [1.807, 2.05) is 0 Å². The Kier molecular flexibility index (Phi) is 6.19. The molecule has 3 rings (SSSR count). The van der Waals surface area contributed by atoms with E-state index < -0.39 is 28.6 Å². The van der Waals surface area contributed by atoms with Gasteiger partial charge < -0.3 is 10.4 Å². The van der Waals surface area contributed by atoms with E-state index in [0.29, 0.717) is 10.4 Å². The van der Waals surface area contributed by atoms with Gasteiger partial charge in [-0.1, -0.05) is 29.8 Å². The number of aryl methyl sites for hydroxylation is 1. The van der Waals surface area contributed by atoms with Crippen LogP contribution in [0.25, 0.3) is 0 Å². The Balaban J connectivity index is 1.92. The van der Waals surface area contributed by atoms with Crippen molar-refractivity contribution in [2.45, 2.75) is 13.1 Å². The summed E-state index contributed by atoms with van der Waals surface area (Å²) < 4.78 is 39.2. The lowest BCUT2D eigenvalue weighted by molar-refractivity contribution is -0.137. The number of carboxylic acids is 1. The van der Waals surface area contributed by atoms with Gasteiger partial charge in [-0.3, -0.25) is 10.2 Å². The minimum absolute atomic E-state index is 0.0282. The van der Waals surface area contributed by atoms with Crippen molar-refractivity contribution in [3.63, 3.8) is 0 Å². The van der Waals surface area contributed by atoms with E-state index in [9.17, 15) is 22.8 Å². The molecule has 1 heterocycles. The molecule has 0 bridgehead atoms. The average molecular weight is 467 g/mol. The van der Waals surface area contributed by atoms with Crippen molar-refractivity contribution < 1.29 is 27.9 Å². The number of carbonyl (C=O) groups is 2. The summed E-state index contributed by atoms with van der Waals surface area (Å²) in [5.74, 6) is -1.94. The molecule has 0 atom stereocenters. The van der Waals surface area contributed by atoms with Crippen LogP contribution in [-0.4, -0.2) is 22.7 Å². The van der Waals surface area contributed by atoms with Crippen molar-refractivity contribution in [1.82, 2.24) is 0 Å². The van der Waals surface area contributed by atoms with Gasteiger partial charge in [0, 0.05) is 10.4 Å². The molecule has 0 radical (unpaired) electrons. The van der Waals surface area contributed by atoms with Crippen LogP contribution in [0.15, 0.2) is 48.5 Å². The van der Waals surface area contributed by atoms with Gasteiger partial charge in [-0.2, -0.15) is 13.2 Å². The summed E-state index contributed by atoms with van der Waals surface area (Å²) >= 11 is 7.04. The third-order valence-corrected chi connectivity index (χ3v) is 5.77. The number of nitrogens with one attached hydrogen (secondary N) is 2. The molecule has 1 aromatic heterocycles. The van der Waals surface area contributed by atoms with E-state index in [4.69, 9.17) is 22.1 Å². The molecule has 5 nitrogen and oxygen atoms in total. The van der Waals surface area contributed by atoms with Crippen molar-refractivity contribution >= 4 is 46.2 Å². The fourth-order valence-corrected chi connectivity index (χ4v) is 4.08. The lowest BCUT2D eigenvalue weighted by atomic mass is 10.1. The number of alkyl halides is 3. The van der Waals surface area contributed by atoms with Crippen LogP contribution in [0.3, 0.4) is 0 Å². The second kappa shape index (κ2) is 8.52. The monoisotopic (exact) mass is 466 g/mol. The molecule has 3 N–H and O–H groups in total. The number of benzene rings is 2. The number of anilines is 1. The minimum Gasteiger partial charge on any atom is -0.478 e. The van der Waals surface area contributed by atoms with Crippen molar-refractivity contribution in [3.05, 3.63) is 85.6 Å². The van der Waals surface area contributed by atoms with Crippen molar-refractivity contribution in [2.75, 3.05) is 5.32 Å². The van der Waals surface area contributed by atoms with Gasteiger partial charge >= 0.3 is 12.1 Å². The minimum atomic E-state index is -4.71. The predicted octanol–water partition coefficient (Wildman–Crippen LogP) is 6.10. The van der Waals surface area contributed by atoms with Gasteiger partial charge in [-0.25, -0.2) is 4.79 Å². The highest BCUT2D eigenvalue weighted by molar-refractivity contribution is 7.14. The van der Waals surface area contributed by atoms with Crippen molar-refractivity contribution in [3.8, 4) is 0 Å².